The Morgan fingerprint density at radius 2 is 1.57 bits per heavy atom. The minimum Gasteiger partial charge on any atom is -0.483 e. The number of likely N-dealkylation sites (tertiary alicyclic amines) is 1. The molecule has 0 radical (unpaired) electrons. The van der Waals surface area contributed by atoms with Gasteiger partial charge < -0.3 is 15.0 Å². The fourth-order valence-corrected chi connectivity index (χ4v) is 3.76. The lowest BCUT2D eigenvalue weighted by atomic mass is 9.86. The second kappa shape index (κ2) is 9.79. The zero-order valence-corrected chi connectivity index (χ0v) is 18.2. The van der Waals surface area contributed by atoms with E-state index in [2.05, 4.69) is 26.1 Å². The molecule has 1 heterocycles. The highest BCUT2D eigenvalue weighted by atomic mass is 16.5. The molecule has 0 saturated carbocycles. The molecule has 30 heavy (non-hydrogen) atoms. The molecule has 2 aromatic rings. The maximum absolute atomic E-state index is 13.0. The van der Waals surface area contributed by atoms with E-state index in [-0.39, 0.29) is 23.8 Å². The van der Waals surface area contributed by atoms with Gasteiger partial charge in [-0.15, -0.1) is 0 Å². The summed E-state index contributed by atoms with van der Waals surface area (Å²) in [6.45, 7) is 7.76. The van der Waals surface area contributed by atoms with E-state index in [0.717, 1.165) is 44.3 Å². The van der Waals surface area contributed by atoms with Crippen molar-refractivity contribution in [1.29, 1.82) is 0 Å². The van der Waals surface area contributed by atoms with Crippen molar-refractivity contribution < 1.29 is 14.3 Å². The monoisotopic (exact) mass is 408 g/mol. The standard InChI is InChI=1S/C25H32N2O3/c1-25(2,3)20-13-7-9-15-22(20)30-18-23(28)26-21-14-8-6-12-19(21)24(29)27-16-10-4-5-11-17-27/h6-9,12-15H,4-5,10-11,16-18H2,1-3H3,(H,26,28). The molecule has 0 bridgehead atoms. The smallest absolute Gasteiger partial charge is 0.262 e. The average molecular weight is 409 g/mol. The Morgan fingerprint density at radius 3 is 2.27 bits per heavy atom. The van der Waals surface area contributed by atoms with Gasteiger partial charge >= 0.3 is 0 Å². The lowest BCUT2D eigenvalue weighted by Gasteiger charge is -2.23. The zero-order chi connectivity index (χ0) is 21.6. The van der Waals surface area contributed by atoms with Crippen LogP contribution in [0.3, 0.4) is 0 Å². The molecule has 1 N–H and O–H groups in total. The van der Waals surface area contributed by atoms with Crippen molar-refractivity contribution in [2.24, 2.45) is 0 Å². The SMILES string of the molecule is CC(C)(C)c1ccccc1OCC(=O)Nc1ccccc1C(=O)N1CCCCCC1. The molecule has 1 aliphatic heterocycles. The molecule has 1 saturated heterocycles. The summed E-state index contributed by atoms with van der Waals surface area (Å²) in [5.41, 5.74) is 2.03. The molecule has 2 amide bonds. The number of nitrogens with zero attached hydrogens (tertiary/aromatic N) is 1. The van der Waals surface area contributed by atoms with Crippen LogP contribution in [-0.4, -0.2) is 36.4 Å². The highest BCUT2D eigenvalue weighted by Crippen LogP contribution is 2.31. The molecule has 160 valence electrons. The van der Waals surface area contributed by atoms with Crippen molar-refractivity contribution >= 4 is 17.5 Å². The van der Waals surface area contributed by atoms with Crippen LogP contribution in [0, 0.1) is 0 Å². The Morgan fingerprint density at radius 1 is 0.933 bits per heavy atom. The van der Waals surface area contributed by atoms with E-state index in [1.807, 2.05) is 41.3 Å². The van der Waals surface area contributed by atoms with Gasteiger partial charge in [0.05, 0.1) is 11.3 Å². The number of carbonyl (C=O) groups excluding carboxylic acids is 2. The minimum atomic E-state index is -0.283. The predicted molar refractivity (Wildman–Crippen MR) is 120 cm³/mol. The zero-order valence-electron chi connectivity index (χ0n) is 18.2. The van der Waals surface area contributed by atoms with E-state index < -0.39 is 0 Å². The number of ether oxygens (including phenoxy) is 1. The summed E-state index contributed by atoms with van der Waals surface area (Å²) in [4.78, 5) is 27.5. The molecular formula is C25H32N2O3. The second-order valence-corrected chi connectivity index (χ2v) is 8.84. The number of rotatable bonds is 5. The number of anilines is 1. The first-order valence-corrected chi connectivity index (χ1v) is 10.8. The number of hydrogen-bond acceptors (Lipinski definition) is 3. The van der Waals surface area contributed by atoms with Gasteiger partial charge in [-0.05, 0) is 42.0 Å². The molecule has 0 atom stereocenters. The Labute approximate surface area is 179 Å². The van der Waals surface area contributed by atoms with Crippen LogP contribution in [-0.2, 0) is 10.2 Å². The minimum absolute atomic E-state index is 0.0215. The van der Waals surface area contributed by atoms with Crippen molar-refractivity contribution in [2.45, 2.75) is 51.9 Å². The average Bonchev–Trinajstić information content (AvgIpc) is 3.01. The Kier molecular flexibility index (Phi) is 7.14. The number of carbonyl (C=O) groups is 2. The Balaban J connectivity index is 1.67. The van der Waals surface area contributed by atoms with E-state index in [1.165, 1.54) is 0 Å². The van der Waals surface area contributed by atoms with Crippen LogP contribution < -0.4 is 10.1 Å². The number of para-hydroxylation sites is 2. The quantitative estimate of drug-likeness (QED) is 0.756. The molecule has 5 nitrogen and oxygen atoms in total. The maximum atomic E-state index is 13.0. The van der Waals surface area contributed by atoms with Crippen LogP contribution in [0.4, 0.5) is 5.69 Å². The molecule has 2 aromatic carbocycles. The molecule has 0 unspecified atom stereocenters. The van der Waals surface area contributed by atoms with Crippen molar-refractivity contribution in [3.63, 3.8) is 0 Å². The summed E-state index contributed by atoms with van der Waals surface area (Å²) in [6, 6.07) is 15.0. The lowest BCUT2D eigenvalue weighted by molar-refractivity contribution is -0.118. The van der Waals surface area contributed by atoms with Crippen LogP contribution in [0.1, 0.15) is 62.4 Å². The van der Waals surface area contributed by atoms with Gasteiger partial charge in [0.1, 0.15) is 5.75 Å². The molecule has 5 heteroatoms. The van der Waals surface area contributed by atoms with Crippen LogP contribution >= 0.6 is 0 Å². The summed E-state index contributed by atoms with van der Waals surface area (Å²) in [5.74, 6) is 0.399. The molecule has 1 fully saturated rings. The van der Waals surface area contributed by atoms with Gasteiger partial charge in [0.25, 0.3) is 11.8 Å². The van der Waals surface area contributed by atoms with Gasteiger partial charge in [-0.3, -0.25) is 9.59 Å². The number of hydrogen-bond donors (Lipinski definition) is 1. The van der Waals surface area contributed by atoms with E-state index in [4.69, 9.17) is 4.74 Å². The fraction of sp³-hybridized carbons (Fsp3) is 0.440. The summed E-state index contributed by atoms with van der Waals surface area (Å²) in [5, 5.41) is 2.86. The fourth-order valence-electron chi connectivity index (χ4n) is 3.76. The van der Waals surface area contributed by atoms with Crippen molar-refractivity contribution in [1.82, 2.24) is 4.90 Å². The first-order valence-electron chi connectivity index (χ1n) is 10.8. The molecule has 3 rings (SSSR count). The predicted octanol–water partition coefficient (Wildman–Crippen LogP) is 5.02. The summed E-state index contributed by atoms with van der Waals surface area (Å²) >= 11 is 0. The van der Waals surface area contributed by atoms with Crippen LogP contribution in [0.2, 0.25) is 0 Å². The van der Waals surface area contributed by atoms with Crippen molar-refractivity contribution in [2.75, 3.05) is 25.0 Å². The Bertz CT molecular complexity index is 878. The van der Waals surface area contributed by atoms with Gasteiger partial charge in [0.2, 0.25) is 0 Å². The van der Waals surface area contributed by atoms with Gasteiger partial charge in [-0.2, -0.15) is 0 Å². The summed E-state index contributed by atoms with van der Waals surface area (Å²) in [6.07, 6.45) is 4.38. The topological polar surface area (TPSA) is 58.6 Å². The van der Waals surface area contributed by atoms with Gasteiger partial charge in [-0.1, -0.05) is 63.9 Å². The second-order valence-electron chi connectivity index (χ2n) is 8.84. The molecule has 0 spiro atoms. The third kappa shape index (κ3) is 5.62. The first-order chi connectivity index (χ1) is 14.4. The highest BCUT2D eigenvalue weighted by molar-refractivity contribution is 6.04. The largest absolute Gasteiger partial charge is 0.483 e. The Hall–Kier alpha value is -2.82. The van der Waals surface area contributed by atoms with E-state index >= 15 is 0 Å². The molecule has 1 aliphatic rings. The van der Waals surface area contributed by atoms with E-state index in [1.54, 1.807) is 12.1 Å². The third-order valence-electron chi connectivity index (χ3n) is 5.38. The summed E-state index contributed by atoms with van der Waals surface area (Å²) in [7, 11) is 0. The van der Waals surface area contributed by atoms with Gasteiger partial charge in [0, 0.05) is 13.1 Å². The number of benzene rings is 2. The normalized spacial score (nSPS) is 14.7. The van der Waals surface area contributed by atoms with Crippen molar-refractivity contribution in [3.8, 4) is 5.75 Å². The van der Waals surface area contributed by atoms with Crippen LogP contribution in [0.15, 0.2) is 48.5 Å². The molecular weight excluding hydrogens is 376 g/mol. The van der Waals surface area contributed by atoms with Gasteiger partial charge in [-0.25, -0.2) is 0 Å². The number of amides is 2. The maximum Gasteiger partial charge on any atom is 0.262 e. The third-order valence-corrected chi connectivity index (χ3v) is 5.38. The molecule has 0 aliphatic carbocycles. The first kappa shape index (κ1) is 21.9. The summed E-state index contributed by atoms with van der Waals surface area (Å²) < 4.78 is 5.82. The number of nitrogens with one attached hydrogen (secondary N) is 1. The lowest BCUT2D eigenvalue weighted by Crippen LogP contribution is -2.33. The van der Waals surface area contributed by atoms with Gasteiger partial charge in [0.15, 0.2) is 6.61 Å². The highest BCUT2D eigenvalue weighted by Gasteiger charge is 2.22. The van der Waals surface area contributed by atoms with Crippen molar-refractivity contribution in [3.05, 3.63) is 59.7 Å². The molecule has 0 aromatic heterocycles. The van der Waals surface area contributed by atoms with Crippen LogP contribution in [0.5, 0.6) is 5.75 Å². The van der Waals surface area contributed by atoms with E-state index in [0.29, 0.717) is 17.0 Å². The van der Waals surface area contributed by atoms with E-state index in [9.17, 15) is 9.59 Å². The van der Waals surface area contributed by atoms with Crippen LogP contribution in [0.25, 0.3) is 0 Å².